The molecule has 1 unspecified atom stereocenters. The Morgan fingerprint density at radius 1 is 1.27 bits per heavy atom. The molecule has 1 atom stereocenters. The second-order valence-corrected chi connectivity index (χ2v) is 6.15. The van der Waals surface area contributed by atoms with E-state index in [1.807, 2.05) is 0 Å². The second kappa shape index (κ2) is 6.99. The van der Waals surface area contributed by atoms with E-state index < -0.39 is 23.4 Å². The molecule has 0 bridgehead atoms. The highest BCUT2D eigenvalue weighted by molar-refractivity contribution is 6.08. The van der Waals surface area contributed by atoms with Crippen LogP contribution in [-0.4, -0.2) is 35.8 Å². The number of rotatable bonds is 6. The number of halogens is 1. The Morgan fingerprint density at radius 3 is 2.65 bits per heavy atom. The summed E-state index contributed by atoms with van der Waals surface area (Å²) in [6, 6.07) is 8.51. The molecular formula is C18H18FN3O4. The monoisotopic (exact) mass is 359 g/mol. The number of imide groups is 1. The molecule has 0 aliphatic carbocycles. The van der Waals surface area contributed by atoms with Crippen LogP contribution in [0.1, 0.15) is 18.2 Å². The van der Waals surface area contributed by atoms with Gasteiger partial charge in [-0.1, -0.05) is 12.1 Å². The fraction of sp³-hybridized carbons (Fsp3) is 0.278. The highest BCUT2D eigenvalue weighted by Gasteiger charge is 2.51. The summed E-state index contributed by atoms with van der Waals surface area (Å²) in [6.45, 7) is 1.45. The molecule has 1 saturated heterocycles. The number of urea groups is 1. The largest absolute Gasteiger partial charge is 0.466 e. The quantitative estimate of drug-likeness (QED) is 0.766. The van der Waals surface area contributed by atoms with Gasteiger partial charge in [-0.2, -0.15) is 0 Å². The number of amides is 4. The Hall–Kier alpha value is -3.16. The summed E-state index contributed by atoms with van der Waals surface area (Å²) in [6.07, 6.45) is 1.92. The van der Waals surface area contributed by atoms with Crippen molar-refractivity contribution in [2.24, 2.45) is 0 Å². The Bertz CT molecular complexity index is 819. The highest BCUT2D eigenvalue weighted by atomic mass is 19.1. The summed E-state index contributed by atoms with van der Waals surface area (Å²) in [5.41, 5.74) is -0.457. The predicted molar refractivity (Wildman–Crippen MR) is 89.4 cm³/mol. The summed E-state index contributed by atoms with van der Waals surface area (Å²) < 4.78 is 18.1. The lowest BCUT2D eigenvalue weighted by Gasteiger charge is -2.18. The van der Waals surface area contributed by atoms with Crippen LogP contribution in [0.3, 0.4) is 0 Å². The lowest BCUT2D eigenvalue weighted by Crippen LogP contribution is -2.43. The topological polar surface area (TPSA) is 91.7 Å². The number of hydrogen-bond donors (Lipinski definition) is 2. The van der Waals surface area contributed by atoms with Crippen molar-refractivity contribution in [1.82, 2.24) is 15.5 Å². The van der Waals surface area contributed by atoms with Gasteiger partial charge in [0.25, 0.3) is 5.91 Å². The minimum atomic E-state index is -1.32. The van der Waals surface area contributed by atoms with E-state index in [2.05, 4.69) is 10.6 Å². The fourth-order valence-corrected chi connectivity index (χ4v) is 2.77. The maximum atomic E-state index is 12.9. The summed E-state index contributed by atoms with van der Waals surface area (Å²) >= 11 is 0. The van der Waals surface area contributed by atoms with Crippen LogP contribution in [0.4, 0.5) is 9.18 Å². The van der Waals surface area contributed by atoms with Gasteiger partial charge in [0, 0.05) is 6.54 Å². The fourth-order valence-electron chi connectivity index (χ4n) is 2.77. The van der Waals surface area contributed by atoms with Gasteiger partial charge >= 0.3 is 6.03 Å². The van der Waals surface area contributed by atoms with Crippen molar-refractivity contribution in [3.8, 4) is 0 Å². The minimum absolute atomic E-state index is 0.301. The van der Waals surface area contributed by atoms with Crippen molar-refractivity contribution in [3.63, 3.8) is 0 Å². The Balaban J connectivity index is 1.55. The molecule has 1 aromatic heterocycles. The van der Waals surface area contributed by atoms with Crippen LogP contribution in [0.15, 0.2) is 47.1 Å². The molecule has 2 heterocycles. The molecule has 0 radical (unpaired) electrons. The van der Waals surface area contributed by atoms with Gasteiger partial charge in [-0.3, -0.25) is 14.5 Å². The van der Waals surface area contributed by atoms with E-state index >= 15 is 0 Å². The number of furan rings is 1. The van der Waals surface area contributed by atoms with E-state index in [4.69, 9.17) is 4.42 Å². The van der Waals surface area contributed by atoms with Gasteiger partial charge < -0.3 is 15.1 Å². The molecule has 0 spiro atoms. The standard InChI is InChI=1S/C18H18FN3O4/c1-18(14-3-2-10-26-14)16(24)22(17(25)21-18)11-15(23)20-9-8-12-4-6-13(19)7-5-12/h2-7,10H,8-9,11H2,1H3,(H,20,23)(H,21,25). The molecule has 1 aliphatic rings. The Kier molecular flexibility index (Phi) is 4.75. The zero-order valence-electron chi connectivity index (χ0n) is 14.1. The average Bonchev–Trinajstić information content (AvgIpc) is 3.21. The van der Waals surface area contributed by atoms with Crippen molar-refractivity contribution in [1.29, 1.82) is 0 Å². The number of nitrogens with one attached hydrogen (secondary N) is 2. The average molecular weight is 359 g/mol. The summed E-state index contributed by atoms with van der Waals surface area (Å²) in [5.74, 6) is -1.03. The van der Waals surface area contributed by atoms with E-state index in [1.165, 1.54) is 25.3 Å². The number of benzene rings is 1. The van der Waals surface area contributed by atoms with Gasteiger partial charge in [0.1, 0.15) is 18.1 Å². The maximum Gasteiger partial charge on any atom is 0.325 e. The van der Waals surface area contributed by atoms with Crippen LogP contribution in [0.25, 0.3) is 0 Å². The Labute approximate surface area is 149 Å². The summed E-state index contributed by atoms with van der Waals surface area (Å²) in [7, 11) is 0. The van der Waals surface area contributed by atoms with Gasteiger partial charge in [-0.05, 0) is 43.2 Å². The van der Waals surface area contributed by atoms with Crippen LogP contribution in [0, 0.1) is 5.82 Å². The van der Waals surface area contributed by atoms with Gasteiger partial charge in [0.2, 0.25) is 5.91 Å². The first-order valence-corrected chi connectivity index (χ1v) is 8.09. The highest BCUT2D eigenvalue weighted by Crippen LogP contribution is 2.28. The second-order valence-electron chi connectivity index (χ2n) is 6.15. The zero-order valence-corrected chi connectivity index (χ0v) is 14.1. The number of hydrogen-bond acceptors (Lipinski definition) is 4. The van der Waals surface area contributed by atoms with Gasteiger partial charge in [-0.25, -0.2) is 9.18 Å². The van der Waals surface area contributed by atoms with Crippen molar-refractivity contribution >= 4 is 17.8 Å². The molecule has 2 N–H and O–H groups in total. The predicted octanol–water partition coefficient (Wildman–Crippen LogP) is 1.54. The van der Waals surface area contributed by atoms with E-state index in [0.717, 1.165) is 10.5 Å². The van der Waals surface area contributed by atoms with Crippen molar-refractivity contribution in [3.05, 3.63) is 59.8 Å². The molecule has 1 fully saturated rings. The Morgan fingerprint density at radius 2 is 2.00 bits per heavy atom. The lowest BCUT2D eigenvalue weighted by atomic mass is 9.99. The summed E-state index contributed by atoms with van der Waals surface area (Å²) in [5, 5.41) is 5.20. The molecule has 4 amide bonds. The maximum absolute atomic E-state index is 12.9. The van der Waals surface area contributed by atoms with Gasteiger partial charge in [-0.15, -0.1) is 0 Å². The molecule has 26 heavy (non-hydrogen) atoms. The van der Waals surface area contributed by atoms with E-state index in [0.29, 0.717) is 18.7 Å². The molecule has 1 aromatic carbocycles. The SMILES string of the molecule is CC1(c2ccco2)NC(=O)N(CC(=O)NCCc2ccc(F)cc2)C1=O. The van der Waals surface area contributed by atoms with Gasteiger partial charge in [0.05, 0.1) is 6.26 Å². The van der Waals surface area contributed by atoms with Crippen LogP contribution in [-0.2, 0) is 21.5 Å². The number of nitrogens with zero attached hydrogens (tertiary/aromatic N) is 1. The first kappa shape index (κ1) is 17.7. The third-order valence-electron chi connectivity index (χ3n) is 4.24. The van der Waals surface area contributed by atoms with Crippen LogP contribution in [0.2, 0.25) is 0 Å². The number of carbonyl (C=O) groups excluding carboxylic acids is 3. The van der Waals surface area contributed by atoms with Crippen molar-refractivity contribution in [2.75, 3.05) is 13.1 Å². The molecule has 8 heteroatoms. The minimum Gasteiger partial charge on any atom is -0.466 e. The van der Waals surface area contributed by atoms with E-state index in [1.54, 1.807) is 24.3 Å². The van der Waals surface area contributed by atoms with Crippen LogP contribution >= 0.6 is 0 Å². The molecular weight excluding hydrogens is 341 g/mol. The van der Waals surface area contributed by atoms with Crippen LogP contribution < -0.4 is 10.6 Å². The first-order valence-electron chi connectivity index (χ1n) is 8.09. The molecule has 0 saturated carbocycles. The van der Waals surface area contributed by atoms with Gasteiger partial charge in [0.15, 0.2) is 5.54 Å². The molecule has 1 aliphatic heterocycles. The summed E-state index contributed by atoms with van der Waals surface area (Å²) in [4.78, 5) is 37.6. The molecule has 3 rings (SSSR count). The molecule has 7 nitrogen and oxygen atoms in total. The normalized spacial score (nSPS) is 19.5. The third kappa shape index (κ3) is 3.44. The van der Waals surface area contributed by atoms with E-state index in [9.17, 15) is 18.8 Å². The van der Waals surface area contributed by atoms with Crippen molar-refractivity contribution in [2.45, 2.75) is 18.9 Å². The smallest absolute Gasteiger partial charge is 0.325 e. The first-order chi connectivity index (χ1) is 12.4. The van der Waals surface area contributed by atoms with E-state index in [-0.39, 0.29) is 12.4 Å². The zero-order chi connectivity index (χ0) is 18.7. The van der Waals surface area contributed by atoms with Crippen LogP contribution in [0.5, 0.6) is 0 Å². The molecule has 2 aromatic rings. The third-order valence-corrected chi connectivity index (χ3v) is 4.24. The number of carbonyl (C=O) groups is 3. The molecule has 136 valence electrons. The van der Waals surface area contributed by atoms with Crippen molar-refractivity contribution < 1.29 is 23.2 Å². The lowest BCUT2D eigenvalue weighted by molar-refractivity contribution is -0.135.